The molecule has 0 aromatic heterocycles. The minimum atomic E-state index is -2.86. The number of halogens is 1. The first-order valence-corrected chi connectivity index (χ1v) is 19.0. The standard InChI is InChI=1S/C8H10N.C2H5O.CH4S.BrH.Sn/c1-7(9)8-5-3-2-4-6-8;1-2-3;1-2;;/h2-5,7H,9H2,1H3;2H2,1H3;2H,1H3;1H;/q;-1;;;+3/p-2. The summed E-state index contributed by atoms with van der Waals surface area (Å²) in [4.78, 5) is 0. The van der Waals surface area contributed by atoms with Crippen molar-refractivity contribution >= 4 is 40.4 Å². The van der Waals surface area contributed by atoms with Crippen LogP contribution in [0, 0.1) is 0 Å². The number of benzene rings is 1. The van der Waals surface area contributed by atoms with Crippen molar-refractivity contribution in [1.29, 1.82) is 0 Å². The number of rotatable bonds is 5. The zero-order valence-corrected chi connectivity index (χ0v) is 15.1. The van der Waals surface area contributed by atoms with Crippen LogP contribution in [0.5, 0.6) is 0 Å². The van der Waals surface area contributed by atoms with E-state index in [2.05, 4.69) is 37.2 Å². The molecule has 2 unspecified atom stereocenters. The van der Waals surface area contributed by atoms with Gasteiger partial charge in [0, 0.05) is 0 Å². The van der Waals surface area contributed by atoms with E-state index in [9.17, 15) is 0 Å². The molecule has 16 heavy (non-hydrogen) atoms. The zero-order chi connectivity index (χ0) is 12.2. The molecule has 0 saturated heterocycles. The molecule has 0 saturated carbocycles. The third kappa shape index (κ3) is 3.38. The van der Waals surface area contributed by atoms with Crippen molar-refractivity contribution in [2.45, 2.75) is 19.9 Å². The van der Waals surface area contributed by atoms with Crippen molar-refractivity contribution in [1.82, 2.24) is 0 Å². The average Bonchev–Trinajstić information content (AvgIpc) is 2.29. The SMILES string of the molecule is CC[O][Sn]([Br])([S]C)[c]1ccccc1C(C)N. The van der Waals surface area contributed by atoms with Gasteiger partial charge in [0.25, 0.3) is 0 Å². The molecular formula is C11H18BrNOSSn. The fourth-order valence-corrected chi connectivity index (χ4v) is 15.0. The maximum absolute atomic E-state index is 6.01. The van der Waals surface area contributed by atoms with Crippen LogP contribution in [0.15, 0.2) is 24.3 Å². The van der Waals surface area contributed by atoms with Crippen LogP contribution in [0.1, 0.15) is 25.5 Å². The molecule has 0 aliphatic heterocycles. The second-order valence-electron chi connectivity index (χ2n) is 3.55. The molecule has 2 atom stereocenters. The van der Waals surface area contributed by atoms with Crippen molar-refractivity contribution in [3.8, 4) is 0 Å². The van der Waals surface area contributed by atoms with Gasteiger partial charge < -0.3 is 0 Å². The predicted molar refractivity (Wildman–Crippen MR) is 78.5 cm³/mol. The van der Waals surface area contributed by atoms with Gasteiger partial charge in [-0.1, -0.05) is 0 Å². The molecule has 0 amide bonds. The first-order valence-electron chi connectivity index (χ1n) is 5.28. The molecule has 0 spiro atoms. The van der Waals surface area contributed by atoms with E-state index in [1.165, 1.54) is 9.14 Å². The monoisotopic (exact) mass is 411 g/mol. The van der Waals surface area contributed by atoms with Crippen molar-refractivity contribution in [2.24, 2.45) is 5.73 Å². The van der Waals surface area contributed by atoms with E-state index in [1.807, 2.05) is 28.9 Å². The van der Waals surface area contributed by atoms with E-state index in [4.69, 9.17) is 8.81 Å². The van der Waals surface area contributed by atoms with Gasteiger partial charge in [0.05, 0.1) is 0 Å². The van der Waals surface area contributed by atoms with Gasteiger partial charge in [0.15, 0.2) is 0 Å². The van der Waals surface area contributed by atoms with Crippen LogP contribution in [0.2, 0.25) is 0 Å². The third-order valence-electron chi connectivity index (χ3n) is 2.37. The Labute approximate surface area is 111 Å². The summed E-state index contributed by atoms with van der Waals surface area (Å²) in [5.41, 5.74) is 7.22. The van der Waals surface area contributed by atoms with Gasteiger partial charge >= 0.3 is 112 Å². The van der Waals surface area contributed by atoms with E-state index in [-0.39, 0.29) is 6.04 Å². The minimum absolute atomic E-state index is 0.0532. The molecule has 2 nitrogen and oxygen atoms in total. The Bertz CT molecular complexity index is 351. The quantitative estimate of drug-likeness (QED) is 0.758. The van der Waals surface area contributed by atoms with E-state index >= 15 is 0 Å². The Morgan fingerprint density at radius 2 is 2.12 bits per heavy atom. The third-order valence-corrected chi connectivity index (χ3v) is 25.6. The second-order valence-corrected chi connectivity index (χ2v) is 27.7. The molecule has 0 aliphatic rings. The summed E-state index contributed by atoms with van der Waals surface area (Å²) < 4.78 is 7.30. The van der Waals surface area contributed by atoms with Gasteiger partial charge in [-0.2, -0.15) is 0 Å². The van der Waals surface area contributed by atoms with Crippen LogP contribution in [-0.4, -0.2) is 28.0 Å². The number of hydrogen-bond donors (Lipinski definition) is 1. The van der Waals surface area contributed by atoms with Crippen LogP contribution in [0.3, 0.4) is 0 Å². The first kappa shape index (κ1) is 14.8. The number of hydrogen-bond acceptors (Lipinski definition) is 3. The van der Waals surface area contributed by atoms with Crippen molar-refractivity contribution in [2.75, 3.05) is 12.9 Å². The molecule has 0 aliphatic carbocycles. The summed E-state index contributed by atoms with van der Waals surface area (Å²) in [6.45, 7) is 4.80. The average molecular weight is 411 g/mol. The Balaban J connectivity index is 3.18. The normalized spacial score (nSPS) is 16.8. The summed E-state index contributed by atoms with van der Waals surface area (Å²) in [5.74, 6) is 0. The molecule has 1 rings (SSSR count). The summed E-state index contributed by atoms with van der Waals surface area (Å²) in [7, 11) is 1.83. The first-order chi connectivity index (χ1) is 7.55. The fraction of sp³-hybridized carbons (Fsp3) is 0.455. The van der Waals surface area contributed by atoms with Gasteiger partial charge in [-0.05, 0) is 0 Å². The van der Waals surface area contributed by atoms with Gasteiger partial charge in [0.2, 0.25) is 0 Å². The molecule has 1 aromatic rings. The van der Waals surface area contributed by atoms with Gasteiger partial charge in [0.1, 0.15) is 0 Å². The summed E-state index contributed by atoms with van der Waals surface area (Å²) in [6.07, 6.45) is 2.11. The maximum atomic E-state index is 6.01. The molecule has 0 heterocycles. The van der Waals surface area contributed by atoms with Crippen LogP contribution in [0.4, 0.5) is 0 Å². The molecule has 1 aromatic carbocycles. The number of nitrogens with two attached hydrogens (primary N) is 1. The van der Waals surface area contributed by atoms with E-state index < -0.39 is 15.2 Å². The van der Waals surface area contributed by atoms with Gasteiger partial charge in [-0.25, -0.2) is 0 Å². The molecular weight excluding hydrogens is 393 g/mol. The van der Waals surface area contributed by atoms with Crippen molar-refractivity contribution < 1.29 is 3.07 Å². The Morgan fingerprint density at radius 3 is 2.62 bits per heavy atom. The molecule has 0 bridgehead atoms. The van der Waals surface area contributed by atoms with Crippen LogP contribution in [-0.2, 0) is 3.07 Å². The molecule has 2 N–H and O–H groups in total. The topological polar surface area (TPSA) is 35.2 Å². The van der Waals surface area contributed by atoms with Crippen LogP contribution in [0.25, 0.3) is 0 Å². The summed E-state index contributed by atoms with van der Waals surface area (Å²) in [5, 5.41) is 0. The Hall–Kier alpha value is 0.769. The van der Waals surface area contributed by atoms with Gasteiger partial charge in [-0.15, -0.1) is 0 Å². The summed E-state index contributed by atoms with van der Waals surface area (Å²) >= 11 is 1.01. The van der Waals surface area contributed by atoms with E-state index in [0.29, 0.717) is 0 Å². The Morgan fingerprint density at radius 1 is 1.50 bits per heavy atom. The molecule has 5 heteroatoms. The summed E-state index contributed by atoms with van der Waals surface area (Å²) in [6, 6.07) is 8.40. The van der Waals surface area contributed by atoms with Crippen LogP contribution >= 0.6 is 21.7 Å². The van der Waals surface area contributed by atoms with E-state index in [1.54, 1.807) is 0 Å². The predicted octanol–water partition coefficient (Wildman–Crippen LogP) is 2.65. The Kier molecular flexibility index (Phi) is 6.15. The molecule has 90 valence electrons. The van der Waals surface area contributed by atoms with E-state index in [0.717, 1.165) is 6.61 Å². The fourth-order valence-electron chi connectivity index (χ4n) is 1.60. The second kappa shape index (κ2) is 6.63. The zero-order valence-electron chi connectivity index (χ0n) is 9.87. The molecule has 0 radical (unpaired) electrons. The molecule has 0 fully saturated rings. The van der Waals surface area contributed by atoms with Crippen molar-refractivity contribution in [3.63, 3.8) is 0 Å². The van der Waals surface area contributed by atoms with Crippen LogP contribution < -0.4 is 9.31 Å². The van der Waals surface area contributed by atoms with Crippen molar-refractivity contribution in [3.05, 3.63) is 29.8 Å². The van der Waals surface area contributed by atoms with Gasteiger partial charge in [-0.3, -0.25) is 0 Å².